The number of rotatable bonds is 6. The Hall–Kier alpha value is -1.80. The van der Waals surface area contributed by atoms with Crippen LogP contribution in [0.5, 0.6) is 0 Å². The van der Waals surface area contributed by atoms with Crippen LogP contribution in [0.4, 0.5) is 0 Å². The lowest BCUT2D eigenvalue weighted by molar-refractivity contribution is -0.133. The Morgan fingerprint density at radius 1 is 1.71 bits per heavy atom. The molecule has 1 aromatic heterocycles. The van der Waals surface area contributed by atoms with Gasteiger partial charge in [-0.05, 0) is 26.1 Å². The minimum Gasteiger partial charge on any atom is -0.467 e. The van der Waals surface area contributed by atoms with Gasteiger partial charge in [-0.15, -0.1) is 0 Å². The van der Waals surface area contributed by atoms with Crippen molar-refractivity contribution in [3.8, 4) is 6.07 Å². The molecule has 0 spiro atoms. The van der Waals surface area contributed by atoms with Crippen molar-refractivity contribution in [1.82, 2.24) is 10.2 Å². The van der Waals surface area contributed by atoms with Gasteiger partial charge in [0, 0.05) is 6.54 Å². The number of likely N-dealkylation sites (N-methyl/N-ethyl adjacent to an activating group) is 1. The van der Waals surface area contributed by atoms with Crippen LogP contribution in [0.2, 0.25) is 0 Å². The zero-order valence-corrected chi connectivity index (χ0v) is 10.1. The first-order valence-electron chi connectivity index (χ1n) is 5.54. The van der Waals surface area contributed by atoms with Crippen molar-refractivity contribution in [1.29, 1.82) is 5.26 Å². The van der Waals surface area contributed by atoms with Crippen LogP contribution in [0.15, 0.2) is 22.8 Å². The summed E-state index contributed by atoms with van der Waals surface area (Å²) in [6.45, 7) is 2.62. The summed E-state index contributed by atoms with van der Waals surface area (Å²) in [5, 5.41) is 11.5. The topological polar surface area (TPSA) is 69.3 Å². The molecule has 1 rings (SSSR count). The van der Waals surface area contributed by atoms with Crippen molar-refractivity contribution >= 4 is 5.91 Å². The van der Waals surface area contributed by atoms with Gasteiger partial charge < -0.3 is 14.6 Å². The molecule has 5 nitrogen and oxygen atoms in total. The lowest BCUT2D eigenvalue weighted by atomic mass is 10.2. The summed E-state index contributed by atoms with van der Waals surface area (Å²) >= 11 is 0. The van der Waals surface area contributed by atoms with E-state index in [1.54, 1.807) is 31.2 Å². The Balaban J connectivity index is 2.66. The minimum atomic E-state index is -0.261. The Morgan fingerprint density at radius 3 is 3.00 bits per heavy atom. The SMILES string of the molecule is CNC(C)C(=O)N(CCC#N)Cc1ccco1. The van der Waals surface area contributed by atoms with Crippen LogP contribution in [-0.4, -0.2) is 30.4 Å². The molecule has 0 saturated carbocycles. The van der Waals surface area contributed by atoms with Crippen molar-refractivity contribution in [2.45, 2.75) is 25.9 Å². The van der Waals surface area contributed by atoms with Crippen molar-refractivity contribution < 1.29 is 9.21 Å². The van der Waals surface area contributed by atoms with Gasteiger partial charge in [-0.3, -0.25) is 4.79 Å². The van der Waals surface area contributed by atoms with Crippen molar-refractivity contribution in [2.75, 3.05) is 13.6 Å². The van der Waals surface area contributed by atoms with Crippen LogP contribution in [-0.2, 0) is 11.3 Å². The van der Waals surface area contributed by atoms with E-state index in [-0.39, 0.29) is 11.9 Å². The fraction of sp³-hybridized carbons (Fsp3) is 0.500. The maximum atomic E-state index is 12.0. The molecule has 1 N–H and O–H groups in total. The van der Waals surface area contributed by atoms with E-state index in [0.717, 1.165) is 5.76 Å². The lowest BCUT2D eigenvalue weighted by Gasteiger charge is -2.23. The number of furan rings is 1. The zero-order valence-electron chi connectivity index (χ0n) is 10.1. The number of carbonyl (C=O) groups is 1. The first kappa shape index (κ1) is 13.3. The monoisotopic (exact) mass is 235 g/mol. The normalized spacial score (nSPS) is 11.8. The molecule has 1 unspecified atom stereocenters. The highest BCUT2D eigenvalue weighted by Gasteiger charge is 2.19. The minimum absolute atomic E-state index is 0.0286. The van der Waals surface area contributed by atoms with Crippen LogP contribution in [0.3, 0.4) is 0 Å². The van der Waals surface area contributed by atoms with E-state index in [9.17, 15) is 4.79 Å². The number of amides is 1. The number of nitrogens with one attached hydrogen (secondary N) is 1. The molecule has 0 aliphatic rings. The molecule has 1 aromatic rings. The van der Waals surface area contributed by atoms with Gasteiger partial charge in [0.25, 0.3) is 0 Å². The molecule has 0 aromatic carbocycles. The van der Waals surface area contributed by atoms with Crippen LogP contribution in [0, 0.1) is 11.3 Å². The summed E-state index contributed by atoms with van der Waals surface area (Å²) in [5.74, 6) is 0.693. The van der Waals surface area contributed by atoms with E-state index < -0.39 is 0 Å². The Kier molecular flexibility index (Phi) is 5.24. The molecule has 1 heterocycles. The molecule has 0 bridgehead atoms. The second-order valence-corrected chi connectivity index (χ2v) is 3.76. The summed E-state index contributed by atoms with van der Waals surface area (Å²) < 4.78 is 5.21. The predicted molar refractivity (Wildman–Crippen MR) is 62.9 cm³/mol. The molecule has 17 heavy (non-hydrogen) atoms. The van der Waals surface area contributed by atoms with Gasteiger partial charge >= 0.3 is 0 Å². The smallest absolute Gasteiger partial charge is 0.239 e. The van der Waals surface area contributed by atoms with E-state index in [4.69, 9.17) is 9.68 Å². The van der Waals surface area contributed by atoms with Gasteiger partial charge in [0.05, 0.1) is 31.3 Å². The molecular weight excluding hydrogens is 218 g/mol. The maximum Gasteiger partial charge on any atom is 0.239 e. The largest absolute Gasteiger partial charge is 0.467 e. The maximum absolute atomic E-state index is 12.0. The highest BCUT2D eigenvalue weighted by molar-refractivity contribution is 5.81. The molecular formula is C12H17N3O2. The number of nitriles is 1. The van der Waals surface area contributed by atoms with Crippen LogP contribution in [0.1, 0.15) is 19.1 Å². The molecule has 0 aliphatic heterocycles. The summed E-state index contributed by atoms with van der Waals surface area (Å²) in [6.07, 6.45) is 1.90. The van der Waals surface area contributed by atoms with Gasteiger partial charge in [0.15, 0.2) is 0 Å². The fourth-order valence-corrected chi connectivity index (χ4v) is 1.44. The molecule has 0 saturated heterocycles. The Bertz CT molecular complexity index is 381. The van der Waals surface area contributed by atoms with Gasteiger partial charge in [-0.1, -0.05) is 0 Å². The van der Waals surface area contributed by atoms with Gasteiger partial charge in [-0.2, -0.15) is 5.26 Å². The Morgan fingerprint density at radius 2 is 2.47 bits per heavy atom. The Labute approximate surface area is 101 Å². The molecule has 0 fully saturated rings. The summed E-state index contributed by atoms with van der Waals surface area (Å²) in [7, 11) is 1.73. The van der Waals surface area contributed by atoms with Crippen LogP contribution >= 0.6 is 0 Å². The lowest BCUT2D eigenvalue weighted by Crippen LogP contribution is -2.43. The van der Waals surface area contributed by atoms with Crippen molar-refractivity contribution in [3.05, 3.63) is 24.2 Å². The van der Waals surface area contributed by atoms with E-state index >= 15 is 0 Å². The van der Waals surface area contributed by atoms with E-state index in [2.05, 4.69) is 5.32 Å². The number of carbonyl (C=O) groups excluding carboxylic acids is 1. The quantitative estimate of drug-likeness (QED) is 0.802. The van der Waals surface area contributed by atoms with Crippen molar-refractivity contribution in [2.24, 2.45) is 0 Å². The molecule has 0 radical (unpaired) electrons. The number of nitrogens with zero attached hydrogens (tertiary/aromatic N) is 2. The molecule has 1 atom stereocenters. The van der Waals surface area contributed by atoms with Gasteiger partial charge in [-0.25, -0.2) is 0 Å². The average molecular weight is 235 g/mol. The highest BCUT2D eigenvalue weighted by Crippen LogP contribution is 2.07. The summed E-state index contributed by atoms with van der Waals surface area (Å²) in [4.78, 5) is 13.6. The van der Waals surface area contributed by atoms with E-state index in [1.165, 1.54) is 0 Å². The third kappa shape index (κ3) is 3.93. The third-order valence-electron chi connectivity index (χ3n) is 2.54. The van der Waals surface area contributed by atoms with Crippen LogP contribution < -0.4 is 5.32 Å². The van der Waals surface area contributed by atoms with Crippen molar-refractivity contribution in [3.63, 3.8) is 0 Å². The highest BCUT2D eigenvalue weighted by atomic mass is 16.3. The first-order valence-corrected chi connectivity index (χ1v) is 5.54. The predicted octanol–water partition coefficient (Wildman–Crippen LogP) is 1.13. The van der Waals surface area contributed by atoms with E-state index in [1.807, 2.05) is 12.1 Å². The second kappa shape index (κ2) is 6.71. The average Bonchev–Trinajstić information content (AvgIpc) is 2.85. The fourth-order valence-electron chi connectivity index (χ4n) is 1.44. The molecule has 5 heteroatoms. The van der Waals surface area contributed by atoms with Gasteiger partial charge in [0.1, 0.15) is 5.76 Å². The molecule has 92 valence electrons. The first-order chi connectivity index (χ1) is 8.19. The van der Waals surface area contributed by atoms with E-state index in [0.29, 0.717) is 19.5 Å². The zero-order chi connectivity index (χ0) is 12.7. The summed E-state index contributed by atoms with van der Waals surface area (Å²) in [6, 6.07) is 5.38. The molecule has 1 amide bonds. The third-order valence-corrected chi connectivity index (χ3v) is 2.54. The molecule has 0 aliphatic carbocycles. The number of hydrogen-bond donors (Lipinski definition) is 1. The second-order valence-electron chi connectivity index (χ2n) is 3.76. The standard InChI is InChI=1S/C12H17N3O2/c1-10(14-2)12(16)15(7-4-6-13)9-11-5-3-8-17-11/h3,5,8,10,14H,4,7,9H2,1-2H3. The van der Waals surface area contributed by atoms with Gasteiger partial charge in [0.2, 0.25) is 5.91 Å². The van der Waals surface area contributed by atoms with Crippen LogP contribution in [0.25, 0.3) is 0 Å². The number of hydrogen-bond acceptors (Lipinski definition) is 4. The summed E-state index contributed by atoms with van der Waals surface area (Å²) in [5.41, 5.74) is 0.